The first-order valence-corrected chi connectivity index (χ1v) is 10.8. The van der Waals surface area contributed by atoms with Crippen LogP contribution in [0.15, 0.2) is 72.4 Å². The van der Waals surface area contributed by atoms with Gasteiger partial charge in [0.15, 0.2) is 0 Å². The second-order valence-electron chi connectivity index (χ2n) is 8.34. The smallest absolute Gasteiger partial charge is 0.266 e. The van der Waals surface area contributed by atoms with Gasteiger partial charge < -0.3 is 9.80 Å². The van der Waals surface area contributed by atoms with Gasteiger partial charge in [-0.1, -0.05) is 60.7 Å². The van der Waals surface area contributed by atoms with E-state index in [0.29, 0.717) is 12.5 Å². The monoisotopic (exact) mass is 401 g/mol. The van der Waals surface area contributed by atoms with Crippen molar-refractivity contribution in [3.8, 4) is 6.07 Å². The van der Waals surface area contributed by atoms with E-state index in [-0.39, 0.29) is 17.5 Å². The first-order chi connectivity index (χ1) is 14.6. The summed E-state index contributed by atoms with van der Waals surface area (Å²) in [4.78, 5) is 17.0. The van der Waals surface area contributed by atoms with E-state index in [0.717, 1.165) is 37.9 Å². The quantitative estimate of drug-likeness (QED) is 0.495. The molecule has 0 aliphatic carbocycles. The van der Waals surface area contributed by atoms with Crippen LogP contribution >= 0.6 is 0 Å². The molecule has 0 unspecified atom stereocenters. The summed E-state index contributed by atoms with van der Waals surface area (Å²) in [5.74, 6) is 0.464. The number of benzene rings is 2. The van der Waals surface area contributed by atoms with E-state index in [2.05, 4.69) is 41.3 Å². The number of amides is 1. The lowest BCUT2D eigenvalue weighted by molar-refractivity contribution is -0.129. The molecule has 1 heterocycles. The fourth-order valence-corrected chi connectivity index (χ4v) is 3.97. The highest BCUT2D eigenvalue weighted by Crippen LogP contribution is 2.22. The number of rotatable bonds is 7. The van der Waals surface area contributed by atoms with Crippen molar-refractivity contribution in [2.75, 3.05) is 13.1 Å². The number of carbonyl (C=O) groups is 1. The summed E-state index contributed by atoms with van der Waals surface area (Å²) in [5, 5.41) is 9.68. The van der Waals surface area contributed by atoms with Crippen LogP contribution in [0.3, 0.4) is 0 Å². The third kappa shape index (κ3) is 5.97. The third-order valence-corrected chi connectivity index (χ3v) is 5.76. The van der Waals surface area contributed by atoms with Crippen LogP contribution in [0.1, 0.15) is 37.8 Å². The molecule has 2 aromatic carbocycles. The van der Waals surface area contributed by atoms with Crippen molar-refractivity contribution < 1.29 is 4.79 Å². The van der Waals surface area contributed by atoms with Gasteiger partial charge in [0.2, 0.25) is 0 Å². The SMILES string of the molecule is CC(C)N(Cc1ccccc1)C(=O)/C(C#N)=C\N1CCC(Cc2ccccc2)CC1. The van der Waals surface area contributed by atoms with Crippen molar-refractivity contribution in [3.05, 3.63) is 83.6 Å². The summed E-state index contributed by atoms with van der Waals surface area (Å²) >= 11 is 0. The van der Waals surface area contributed by atoms with E-state index < -0.39 is 0 Å². The molecule has 1 saturated heterocycles. The first-order valence-electron chi connectivity index (χ1n) is 10.8. The van der Waals surface area contributed by atoms with Crippen LogP contribution in [0.25, 0.3) is 0 Å². The summed E-state index contributed by atoms with van der Waals surface area (Å²) < 4.78 is 0. The molecule has 1 fully saturated rings. The Morgan fingerprint density at radius 3 is 2.17 bits per heavy atom. The standard InChI is InChI=1S/C26H31N3O/c1-21(2)29(19-24-11-7-4-8-12-24)26(30)25(18-27)20-28-15-13-23(14-16-28)17-22-9-5-3-6-10-22/h3-12,20-21,23H,13-17,19H2,1-2H3/b25-20-. The number of nitrogens with zero attached hydrogens (tertiary/aromatic N) is 3. The van der Waals surface area contributed by atoms with Gasteiger partial charge in [0.1, 0.15) is 11.6 Å². The molecule has 0 spiro atoms. The van der Waals surface area contributed by atoms with Gasteiger partial charge in [0.05, 0.1) is 0 Å². The lowest BCUT2D eigenvalue weighted by atomic mass is 9.90. The lowest BCUT2D eigenvalue weighted by Gasteiger charge is -2.32. The van der Waals surface area contributed by atoms with Crippen LogP contribution in [0.4, 0.5) is 0 Å². The second-order valence-corrected chi connectivity index (χ2v) is 8.34. The summed E-state index contributed by atoms with van der Waals surface area (Å²) in [6, 6.07) is 22.7. The Morgan fingerprint density at radius 1 is 1.07 bits per heavy atom. The fraction of sp³-hybridized carbons (Fsp3) is 0.385. The largest absolute Gasteiger partial charge is 0.376 e. The maximum absolute atomic E-state index is 13.1. The number of likely N-dealkylation sites (tertiary alicyclic amines) is 1. The molecular formula is C26H31N3O. The maximum Gasteiger partial charge on any atom is 0.266 e. The van der Waals surface area contributed by atoms with E-state index in [9.17, 15) is 10.1 Å². The van der Waals surface area contributed by atoms with Gasteiger partial charge in [0, 0.05) is 31.9 Å². The summed E-state index contributed by atoms with van der Waals surface area (Å²) in [6.45, 7) is 6.26. The Labute approximate surface area is 180 Å². The Bertz CT molecular complexity index is 875. The van der Waals surface area contributed by atoms with Gasteiger partial charge in [0.25, 0.3) is 5.91 Å². The third-order valence-electron chi connectivity index (χ3n) is 5.76. The van der Waals surface area contributed by atoms with Crippen molar-refractivity contribution in [1.29, 1.82) is 5.26 Å². The van der Waals surface area contributed by atoms with Gasteiger partial charge >= 0.3 is 0 Å². The highest BCUT2D eigenvalue weighted by molar-refractivity contribution is 5.97. The van der Waals surface area contributed by atoms with Crippen molar-refractivity contribution in [1.82, 2.24) is 9.80 Å². The summed E-state index contributed by atoms with van der Waals surface area (Å²) in [6.07, 6.45) is 5.04. The first kappa shape index (κ1) is 21.6. The van der Waals surface area contributed by atoms with Crippen molar-refractivity contribution in [2.45, 2.75) is 45.7 Å². The van der Waals surface area contributed by atoms with E-state index in [1.165, 1.54) is 5.56 Å². The van der Waals surface area contributed by atoms with E-state index in [4.69, 9.17) is 0 Å². The van der Waals surface area contributed by atoms with Crippen molar-refractivity contribution in [2.24, 2.45) is 5.92 Å². The molecule has 1 amide bonds. The van der Waals surface area contributed by atoms with Crippen LogP contribution < -0.4 is 0 Å². The topological polar surface area (TPSA) is 47.3 Å². The molecule has 0 atom stereocenters. The molecule has 3 rings (SSSR count). The number of carbonyl (C=O) groups excluding carboxylic acids is 1. The molecule has 0 aromatic heterocycles. The second kappa shape index (κ2) is 10.6. The zero-order chi connectivity index (χ0) is 21.3. The van der Waals surface area contributed by atoms with Gasteiger partial charge in [-0.05, 0) is 50.2 Å². The van der Waals surface area contributed by atoms with Gasteiger partial charge in [-0.3, -0.25) is 4.79 Å². The number of hydrogen-bond acceptors (Lipinski definition) is 3. The molecule has 1 aliphatic heterocycles. The average Bonchev–Trinajstić information content (AvgIpc) is 2.78. The molecule has 30 heavy (non-hydrogen) atoms. The molecule has 156 valence electrons. The summed E-state index contributed by atoms with van der Waals surface area (Å²) in [7, 11) is 0. The Balaban J connectivity index is 1.61. The normalized spacial score (nSPS) is 15.1. The highest BCUT2D eigenvalue weighted by atomic mass is 16.2. The molecule has 1 aliphatic rings. The van der Waals surface area contributed by atoms with Gasteiger partial charge in [-0.2, -0.15) is 5.26 Å². The predicted molar refractivity (Wildman–Crippen MR) is 120 cm³/mol. The van der Waals surface area contributed by atoms with Gasteiger partial charge in [-0.15, -0.1) is 0 Å². The molecular weight excluding hydrogens is 370 g/mol. The van der Waals surface area contributed by atoms with Crippen molar-refractivity contribution >= 4 is 5.91 Å². The zero-order valence-electron chi connectivity index (χ0n) is 18.0. The maximum atomic E-state index is 13.1. The fourth-order valence-electron chi connectivity index (χ4n) is 3.97. The van der Waals surface area contributed by atoms with E-state index >= 15 is 0 Å². The Morgan fingerprint density at radius 2 is 1.63 bits per heavy atom. The minimum atomic E-state index is -0.192. The molecule has 2 aromatic rings. The minimum Gasteiger partial charge on any atom is -0.376 e. The molecule has 0 radical (unpaired) electrons. The van der Waals surface area contributed by atoms with Crippen LogP contribution in [-0.2, 0) is 17.8 Å². The average molecular weight is 402 g/mol. The number of nitriles is 1. The molecule has 4 heteroatoms. The van der Waals surface area contributed by atoms with Crippen LogP contribution in [0, 0.1) is 17.2 Å². The molecule has 0 saturated carbocycles. The molecule has 0 bridgehead atoms. The van der Waals surface area contributed by atoms with Crippen LogP contribution in [0.5, 0.6) is 0 Å². The van der Waals surface area contributed by atoms with E-state index in [1.54, 1.807) is 11.1 Å². The lowest BCUT2D eigenvalue weighted by Crippen LogP contribution is -2.38. The molecule has 0 N–H and O–H groups in total. The molecule has 4 nitrogen and oxygen atoms in total. The number of hydrogen-bond donors (Lipinski definition) is 0. The van der Waals surface area contributed by atoms with Crippen LogP contribution in [-0.4, -0.2) is 34.8 Å². The minimum absolute atomic E-state index is 0.0195. The van der Waals surface area contributed by atoms with Crippen molar-refractivity contribution in [3.63, 3.8) is 0 Å². The number of piperidine rings is 1. The predicted octanol–water partition coefficient (Wildman–Crippen LogP) is 4.79. The summed E-state index contributed by atoms with van der Waals surface area (Å²) in [5.41, 5.74) is 2.67. The van der Waals surface area contributed by atoms with E-state index in [1.807, 2.05) is 44.2 Å². The Hall–Kier alpha value is -3.06. The van der Waals surface area contributed by atoms with Gasteiger partial charge in [-0.25, -0.2) is 0 Å². The highest BCUT2D eigenvalue weighted by Gasteiger charge is 2.24. The zero-order valence-corrected chi connectivity index (χ0v) is 18.0. The Kier molecular flexibility index (Phi) is 7.68. The van der Waals surface area contributed by atoms with Crippen LogP contribution in [0.2, 0.25) is 0 Å².